The van der Waals surface area contributed by atoms with Crippen molar-refractivity contribution in [3.05, 3.63) is 35.6 Å². The molecule has 0 aliphatic carbocycles. The fourth-order valence-electron chi connectivity index (χ4n) is 2.46. The van der Waals surface area contributed by atoms with Gasteiger partial charge in [0.1, 0.15) is 11.1 Å². The van der Waals surface area contributed by atoms with Gasteiger partial charge in [0, 0.05) is 13.1 Å². The van der Waals surface area contributed by atoms with Crippen molar-refractivity contribution in [2.45, 2.75) is 29.9 Å². The summed E-state index contributed by atoms with van der Waals surface area (Å²) in [4.78, 5) is 14.5. The molecule has 1 fully saturated rings. The summed E-state index contributed by atoms with van der Waals surface area (Å²) in [5.74, 6) is -0.192. The Kier molecular flexibility index (Phi) is 5.73. The third-order valence-corrected chi connectivity index (χ3v) is 5.25. The molecule has 110 valence electrons. The quantitative estimate of drug-likeness (QED) is 0.787. The van der Waals surface area contributed by atoms with E-state index in [4.69, 9.17) is 11.6 Å². The summed E-state index contributed by atoms with van der Waals surface area (Å²) in [6.45, 7) is 1.64. The van der Waals surface area contributed by atoms with Gasteiger partial charge < -0.3 is 4.90 Å². The second-order valence-electron chi connectivity index (χ2n) is 5.00. The molecule has 1 aromatic rings. The van der Waals surface area contributed by atoms with Crippen LogP contribution in [0.3, 0.4) is 0 Å². The molecule has 1 heterocycles. The molecule has 0 unspecified atom stereocenters. The smallest absolute Gasteiger partial charge is 0.237 e. The highest BCUT2D eigenvalue weighted by atomic mass is 35.5. The van der Waals surface area contributed by atoms with E-state index in [0.29, 0.717) is 0 Å². The molecule has 5 heteroatoms. The number of amides is 1. The summed E-state index contributed by atoms with van der Waals surface area (Å²) in [6.07, 6.45) is 5.22. The van der Waals surface area contributed by atoms with Crippen LogP contribution in [0, 0.1) is 5.82 Å². The maximum Gasteiger partial charge on any atom is 0.237 e. The van der Waals surface area contributed by atoms with Gasteiger partial charge in [-0.3, -0.25) is 4.79 Å². The number of hydrogen-bond donors (Lipinski definition) is 0. The molecule has 1 aliphatic rings. The van der Waals surface area contributed by atoms with Crippen LogP contribution < -0.4 is 0 Å². The van der Waals surface area contributed by atoms with Crippen molar-refractivity contribution in [1.82, 2.24) is 4.90 Å². The first-order valence-electron chi connectivity index (χ1n) is 6.84. The Morgan fingerprint density at radius 2 is 1.85 bits per heavy atom. The summed E-state index contributed by atoms with van der Waals surface area (Å²) in [6, 6.07) is 6.07. The van der Waals surface area contributed by atoms with Crippen LogP contribution in [0.1, 0.15) is 30.2 Å². The molecule has 0 aromatic heterocycles. The minimum Gasteiger partial charge on any atom is -0.342 e. The summed E-state index contributed by atoms with van der Waals surface area (Å²) in [5, 5.41) is -0.750. The van der Waals surface area contributed by atoms with Crippen molar-refractivity contribution >= 4 is 29.3 Å². The van der Waals surface area contributed by atoms with Crippen LogP contribution in [0.2, 0.25) is 0 Å². The molecule has 1 saturated heterocycles. The van der Waals surface area contributed by atoms with Crippen LogP contribution in [0.4, 0.5) is 4.39 Å². The largest absolute Gasteiger partial charge is 0.342 e. The van der Waals surface area contributed by atoms with Gasteiger partial charge in [-0.1, -0.05) is 12.1 Å². The van der Waals surface area contributed by atoms with E-state index < -0.39 is 5.38 Å². The van der Waals surface area contributed by atoms with E-state index in [1.165, 1.54) is 30.3 Å². The molecule has 1 aliphatic heterocycles. The fourth-order valence-corrected chi connectivity index (χ4v) is 3.77. The molecule has 20 heavy (non-hydrogen) atoms. The van der Waals surface area contributed by atoms with Gasteiger partial charge >= 0.3 is 0 Å². The lowest BCUT2D eigenvalue weighted by atomic mass is 10.1. The number of likely N-dealkylation sites (tertiary alicyclic amines) is 1. The van der Waals surface area contributed by atoms with Crippen LogP contribution >= 0.6 is 23.4 Å². The highest BCUT2D eigenvalue weighted by Crippen LogP contribution is 2.33. The first kappa shape index (κ1) is 15.6. The van der Waals surface area contributed by atoms with Crippen LogP contribution in [-0.4, -0.2) is 35.4 Å². The number of carbonyl (C=O) groups is 1. The van der Waals surface area contributed by atoms with Gasteiger partial charge in [-0.15, -0.1) is 11.6 Å². The number of thioether (sulfide) groups is 1. The Morgan fingerprint density at radius 3 is 2.40 bits per heavy atom. The molecule has 0 saturated carbocycles. The zero-order chi connectivity index (χ0) is 14.5. The van der Waals surface area contributed by atoms with Crippen LogP contribution in [0.5, 0.6) is 0 Å². The summed E-state index contributed by atoms with van der Waals surface area (Å²) in [7, 11) is 0. The SMILES string of the molecule is CS[C@H](C(=O)N1CCCCC1)[C@@H](Cl)c1ccc(F)cc1. The number of carbonyl (C=O) groups excluding carboxylic acids is 1. The van der Waals surface area contributed by atoms with Gasteiger partial charge in [0.15, 0.2) is 0 Å². The standard InChI is InChI=1S/C15H19ClFNOS/c1-20-14(15(19)18-9-3-2-4-10-18)13(16)11-5-7-12(17)8-6-11/h5-8,13-14H,2-4,9-10H2,1H3/t13-,14-/m0/s1. The molecular weight excluding hydrogens is 297 g/mol. The molecule has 0 radical (unpaired) electrons. The van der Waals surface area contributed by atoms with Crippen molar-refractivity contribution in [3.8, 4) is 0 Å². The summed E-state index contributed by atoms with van der Waals surface area (Å²) in [5.41, 5.74) is 0.790. The van der Waals surface area contributed by atoms with Gasteiger partial charge in [-0.2, -0.15) is 11.8 Å². The van der Waals surface area contributed by atoms with Crippen molar-refractivity contribution in [1.29, 1.82) is 0 Å². The summed E-state index contributed by atoms with van der Waals surface area (Å²) < 4.78 is 13.0. The average molecular weight is 316 g/mol. The highest BCUT2D eigenvalue weighted by Gasteiger charge is 2.31. The average Bonchev–Trinajstić information content (AvgIpc) is 2.49. The van der Waals surface area contributed by atoms with E-state index >= 15 is 0 Å². The zero-order valence-electron chi connectivity index (χ0n) is 11.5. The van der Waals surface area contributed by atoms with Crippen LogP contribution in [0.25, 0.3) is 0 Å². The minimum absolute atomic E-state index is 0.0986. The van der Waals surface area contributed by atoms with Gasteiger partial charge in [-0.25, -0.2) is 4.39 Å². The molecule has 0 spiro atoms. The highest BCUT2D eigenvalue weighted by molar-refractivity contribution is 8.00. The predicted octanol–water partition coefficient (Wildman–Crippen LogP) is 3.85. The lowest BCUT2D eigenvalue weighted by Crippen LogP contribution is -2.42. The molecule has 1 aromatic carbocycles. The van der Waals surface area contributed by atoms with Crippen molar-refractivity contribution < 1.29 is 9.18 Å². The Bertz CT molecular complexity index is 448. The van der Waals surface area contributed by atoms with Gasteiger partial charge in [0.05, 0.1) is 5.38 Å². The molecular formula is C15H19ClFNOS. The molecule has 2 nitrogen and oxygen atoms in total. The number of alkyl halides is 1. The van der Waals surface area contributed by atoms with Crippen molar-refractivity contribution in [2.75, 3.05) is 19.3 Å². The number of halogens is 2. The number of benzene rings is 1. The first-order valence-corrected chi connectivity index (χ1v) is 8.57. The van der Waals surface area contributed by atoms with Gasteiger partial charge in [-0.05, 0) is 43.2 Å². The Morgan fingerprint density at radius 1 is 1.25 bits per heavy atom. The molecule has 0 bridgehead atoms. The van der Waals surface area contributed by atoms with E-state index in [9.17, 15) is 9.18 Å². The second-order valence-corrected chi connectivity index (χ2v) is 6.45. The first-order chi connectivity index (χ1) is 9.63. The predicted molar refractivity (Wildman–Crippen MR) is 82.7 cm³/mol. The van der Waals surface area contributed by atoms with Crippen molar-refractivity contribution in [2.24, 2.45) is 0 Å². The minimum atomic E-state index is -0.431. The van der Waals surface area contributed by atoms with E-state index in [2.05, 4.69) is 0 Å². The van der Waals surface area contributed by atoms with Gasteiger partial charge in [0.25, 0.3) is 0 Å². The lowest BCUT2D eigenvalue weighted by Gasteiger charge is -2.31. The Hall–Kier alpha value is -0.740. The van der Waals surface area contributed by atoms with Crippen LogP contribution in [-0.2, 0) is 4.79 Å². The fraction of sp³-hybridized carbons (Fsp3) is 0.533. The molecule has 1 amide bonds. The Labute approximate surface area is 128 Å². The molecule has 2 atom stereocenters. The Balaban J connectivity index is 2.09. The maximum absolute atomic E-state index is 13.0. The number of piperidine rings is 1. The lowest BCUT2D eigenvalue weighted by molar-refractivity contribution is -0.131. The van der Waals surface area contributed by atoms with E-state index in [1.54, 1.807) is 12.1 Å². The maximum atomic E-state index is 13.0. The third-order valence-electron chi connectivity index (χ3n) is 3.62. The zero-order valence-corrected chi connectivity index (χ0v) is 13.1. The molecule has 0 N–H and O–H groups in total. The van der Waals surface area contributed by atoms with Crippen LogP contribution in [0.15, 0.2) is 24.3 Å². The number of nitrogens with zero attached hydrogens (tertiary/aromatic N) is 1. The van der Waals surface area contributed by atoms with E-state index in [1.807, 2.05) is 11.2 Å². The van der Waals surface area contributed by atoms with Gasteiger partial charge in [0.2, 0.25) is 5.91 Å². The monoisotopic (exact) mass is 315 g/mol. The third kappa shape index (κ3) is 3.67. The van der Waals surface area contributed by atoms with E-state index in [-0.39, 0.29) is 17.0 Å². The van der Waals surface area contributed by atoms with Crippen molar-refractivity contribution in [3.63, 3.8) is 0 Å². The summed E-state index contributed by atoms with van der Waals surface area (Å²) >= 11 is 7.91. The van der Waals surface area contributed by atoms with E-state index in [0.717, 1.165) is 31.5 Å². The topological polar surface area (TPSA) is 20.3 Å². The number of rotatable bonds is 4. The molecule has 2 rings (SSSR count). The normalized spacial score (nSPS) is 18.6. The second kappa shape index (κ2) is 7.32. The number of hydrogen-bond acceptors (Lipinski definition) is 2.